The summed E-state index contributed by atoms with van der Waals surface area (Å²) < 4.78 is 12.8. The fraction of sp³-hybridized carbons (Fsp3) is 0.300. The molecule has 0 saturated carbocycles. The van der Waals surface area contributed by atoms with Crippen molar-refractivity contribution in [3.8, 4) is 22.5 Å². The van der Waals surface area contributed by atoms with E-state index in [9.17, 15) is 9.59 Å². The van der Waals surface area contributed by atoms with Crippen LogP contribution in [-0.2, 0) is 9.47 Å². The normalized spacial score (nSPS) is 14.7. The Kier molecular flexibility index (Phi) is 6.03. The first-order chi connectivity index (χ1) is 17.8. The highest BCUT2D eigenvalue weighted by Gasteiger charge is 2.33. The summed E-state index contributed by atoms with van der Waals surface area (Å²) in [5.41, 5.74) is 11.3. The molecule has 1 heterocycles. The van der Waals surface area contributed by atoms with E-state index in [4.69, 9.17) is 20.2 Å². The zero-order valence-corrected chi connectivity index (χ0v) is 22.5. The minimum Gasteiger partial charge on any atom is -0.444 e. The smallest absolute Gasteiger partial charge is 0.420 e. The second-order valence-corrected chi connectivity index (χ2v) is 11.4. The van der Waals surface area contributed by atoms with Gasteiger partial charge in [0.05, 0.1) is 17.1 Å². The van der Waals surface area contributed by atoms with Crippen molar-refractivity contribution in [2.24, 2.45) is 5.73 Å². The number of nitrogens with one attached hydrogen (secondary N) is 1. The average Bonchev–Trinajstić information content (AvgIpc) is 3.33. The van der Waals surface area contributed by atoms with Crippen molar-refractivity contribution in [2.45, 2.75) is 58.8 Å². The molecule has 0 aliphatic heterocycles. The van der Waals surface area contributed by atoms with Crippen LogP contribution in [0.25, 0.3) is 33.5 Å². The zero-order chi connectivity index (χ0) is 27.4. The van der Waals surface area contributed by atoms with E-state index in [-0.39, 0.29) is 0 Å². The number of benzene rings is 3. The van der Waals surface area contributed by atoms with E-state index in [0.29, 0.717) is 28.1 Å². The first-order valence-corrected chi connectivity index (χ1v) is 12.6. The van der Waals surface area contributed by atoms with E-state index in [2.05, 4.69) is 5.32 Å². The third kappa shape index (κ3) is 4.75. The largest absolute Gasteiger partial charge is 0.444 e. The molecule has 5 rings (SSSR count). The van der Waals surface area contributed by atoms with Crippen molar-refractivity contribution in [1.82, 2.24) is 9.55 Å². The summed E-state index contributed by atoms with van der Waals surface area (Å²) >= 11 is 0. The van der Waals surface area contributed by atoms with Crippen molar-refractivity contribution in [2.75, 3.05) is 5.32 Å². The lowest BCUT2D eigenvalue weighted by Crippen LogP contribution is -2.28. The molecule has 0 bridgehead atoms. The number of aromatic nitrogens is 2. The number of rotatable bonds is 2. The summed E-state index contributed by atoms with van der Waals surface area (Å²) in [6.45, 7) is 10.9. The maximum absolute atomic E-state index is 13.5. The van der Waals surface area contributed by atoms with Crippen LogP contribution in [0.3, 0.4) is 0 Å². The lowest BCUT2D eigenvalue weighted by molar-refractivity contribution is 0.0545. The van der Waals surface area contributed by atoms with Gasteiger partial charge in [-0.25, -0.2) is 19.1 Å². The van der Waals surface area contributed by atoms with Crippen LogP contribution in [0.15, 0.2) is 60.7 Å². The number of fused-ring (bicyclic) bond motifs is 4. The first-order valence-electron chi connectivity index (χ1n) is 12.6. The molecule has 4 aromatic rings. The maximum atomic E-state index is 13.5. The molecule has 0 unspecified atom stereocenters. The molecule has 0 radical (unpaired) electrons. The number of hydrogen-bond acceptors (Lipinski definition) is 6. The van der Waals surface area contributed by atoms with Crippen LogP contribution in [0.5, 0.6) is 0 Å². The van der Waals surface area contributed by atoms with Crippen LogP contribution >= 0.6 is 0 Å². The number of amides is 1. The van der Waals surface area contributed by atoms with Gasteiger partial charge in [-0.2, -0.15) is 0 Å². The second-order valence-electron chi connectivity index (χ2n) is 11.4. The molecule has 8 nitrogen and oxygen atoms in total. The van der Waals surface area contributed by atoms with Crippen molar-refractivity contribution < 1.29 is 19.1 Å². The zero-order valence-electron chi connectivity index (χ0n) is 22.5. The SMILES string of the molecule is CC(C)(C)OC(=O)Nc1cc(-c2nc3ccccc3n2C(=O)OC(C)(C)C)c2c(c1)[C@H](N)c1ccccc1-2. The number of anilines is 1. The van der Waals surface area contributed by atoms with E-state index in [0.717, 1.165) is 22.3 Å². The van der Waals surface area contributed by atoms with E-state index in [1.807, 2.05) is 75.4 Å². The third-order valence-corrected chi connectivity index (χ3v) is 6.09. The summed E-state index contributed by atoms with van der Waals surface area (Å²) in [5, 5.41) is 2.84. The van der Waals surface area contributed by atoms with Crippen molar-refractivity contribution in [3.05, 3.63) is 71.8 Å². The van der Waals surface area contributed by atoms with Gasteiger partial charge in [-0.05, 0) is 88.1 Å². The predicted octanol–water partition coefficient (Wildman–Crippen LogP) is 6.86. The van der Waals surface area contributed by atoms with Gasteiger partial charge < -0.3 is 15.2 Å². The van der Waals surface area contributed by atoms with Gasteiger partial charge in [0.2, 0.25) is 0 Å². The molecular weight excluding hydrogens is 480 g/mol. The highest BCUT2D eigenvalue weighted by molar-refractivity contribution is 5.99. The van der Waals surface area contributed by atoms with Gasteiger partial charge >= 0.3 is 12.2 Å². The van der Waals surface area contributed by atoms with E-state index < -0.39 is 29.4 Å². The van der Waals surface area contributed by atoms with E-state index in [1.54, 1.807) is 26.8 Å². The highest BCUT2D eigenvalue weighted by atomic mass is 16.6. The molecule has 1 aliphatic carbocycles. The number of nitrogens with zero attached hydrogens (tertiary/aromatic N) is 2. The average molecular weight is 513 g/mol. The Morgan fingerprint density at radius 2 is 1.53 bits per heavy atom. The predicted molar refractivity (Wildman–Crippen MR) is 148 cm³/mol. The second kappa shape index (κ2) is 8.99. The molecule has 0 saturated heterocycles. The monoisotopic (exact) mass is 512 g/mol. The lowest BCUT2D eigenvalue weighted by Gasteiger charge is -2.22. The topological polar surface area (TPSA) is 108 Å². The Balaban J connectivity index is 1.76. The number of carbonyl (C=O) groups excluding carboxylic acids is 2. The Hall–Kier alpha value is -4.17. The molecule has 0 fully saturated rings. The summed E-state index contributed by atoms with van der Waals surface area (Å²) in [6, 6.07) is 18.5. The van der Waals surface area contributed by atoms with Crippen molar-refractivity contribution in [3.63, 3.8) is 0 Å². The fourth-order valence-electron chi connectivity index (χ4n) is 4.74. The highest BCUT2D eigenvalue weighted by Crippen LogP contribution is 2.48. The van der Waals surface area contributed by atoms with Crippen molar-refractivity contribution >= 4 is 28.9 Å². The minimum atomic E-state index is -0.712. The summed E-state index contributed by atoms with van der Waals surface area (Å²) in [7, 11) is 0. The van der Waals surface area contributed by atoms with Gasteiger partial charge in [-0.1, -0.05) is 36.4 Å². The van der Waals surface area contributed by atoms with E-state index in [1.165, 1.54) is 4.57 Å². The molecule has 3 aromatic carbocycles. The van der Waals surface area contributed by atoms with Crippen LogP contribution < -0.4 is 11.1 Å². The van der Waals surface area contributed by atoms with Crippen LogP contribution in [0.2, 0.25) is 0 Å². The molecule has 8 heteroatoms. The van der Waals surface area contributed by atoms with Gasteiger partial charge in [0.15, 0.2) is 5.82 Å². The van der Waals surface area contributed by atoms with Crippen LogP contribution in [0, 0.1) is 0 Å². The van der Waals surface area contributed by atoms with E-state index >= 15 is 0 Å². The number of ether oxygens (including phenoxy) is 2. The molecule has 38 heavy (non-hydrogen) atoms. The molecule has 1 amide bonds. The summed E-state index contributed by atoms with van der Waals surface area (Å²) in [4.78, 5) is 31.1. The van der Waals surface area contributed by atoms with Gasteiger partial charge in [0.25, 0.3) is 0 Å². The molecule has 0 spiro atoms. The molecule has 1 atom stereocenters. The number of nitrogens with two attached hydrogens (primary N) is 1. The van der Waals surface area contributed by atoms with Crippen LogP contribution in [0.1, 0.15) is 58.7 Å². The standard InChI is InChI=1S/C30H32N4O4/c1-29(2,3)37-27(35)32-17-15-20-24(18-11-7-8-12-19(18)25(20)31)21(16-17)26-33-22-13-9-10-14-23(22)34(26)28(36)38-30(4,5)6/h7-16,25H,31H2,1-6H3,(H,32,35)/t25-/m1/s1. The summed E-state index contributed by atoms with van der Waals surface area (Å²) in [6.07, 6.45) is -1.14. The Labute approximate surface area is 221 Å². The molecule has 1 aliphatic rings. The van der Waals surface area contributed by atoms with Crippen molar-refractivity contribution in [1.29, 1.82) is 0 Å². The van der Waals surface area contributed by atoms with Gasteiger partial charge in [-0.15, -0.1) is 0 Å². The van der Waals surface area contributed by atoms with Gasteiger partial charge in [0, 0.05) is 11.3 Å². The Morgan fingerprint density at radius 1 is 0.868 bits per heavy atom. The molecule has 196 valence electrons. The van der Waals surface area contributed by atoms with Gasteiger partial charge in [-0.3, -0.25) is 5.32 Å². The van der Waals surface area contributed by atoms with Crippen LogP contribution in [0.4, 0.5) is 15.3 Å². The lowest BCUT2D eigenvalue weighted by atomic mass is 9.97. The maximum Gasteiger partial charge on any atom is 0.420 e. The quantitative estimate of drug-likeness (QED) is 0.304. The number of hydrogen-bond donors (Lipinski definition) is 2. The Morgan fingerprint density at radius 3 is 2.24 bits per heavy atom. The fourth-order valence-corrected chi connectivity index (χ4v) is 4.74. The number of para-hydroxylation sites is 2. The minimum absolute atomic E-state index is 0.397. The third-order valence-electron chi connectivity index (χ3n) is 6.09. The number of carbonyl (C=O) groups is 2. The van der Waals surface area contributed by atoms with Gasteiger partial charge in [0.1, 0.15) is 11.2 Å². The Bertz CT molecular complexity index is 1570. The number of imidazole rings is 1. The van der Waals surface area contributed by atoms with Crippen LogP contribution in [-0.4, -0.2) is 32.9 Å². The molecule has 3 N–H and O–H groups in total. The summed E-state index contributed by atoms with van der Waals surface area (Å²) in [5.74, 6) is 0.397. The molecular formula is C30H32N4O4. The molecule has 1 aromatic heterocycles. The first kappa shape index (κ1) is 25.5.